The van der Waals surface area contributed by atoms with Crippen LogP contribution in [0.3, 0.4) is 0 Å². The van der Waals surface area contributed by atoms with Crippen LogP contribution in [0.5, 0.6) is 0 Å². The predicted octanol–water partition coefficient (Wildman–Crippen LogP) is 6.46. The number of benzene rings is 5. The minimum Gasteiger partial charge on any atom is -0.467 e. The van der Waals surface area contributed by atoms with E-state index in [-0.39, 0.29) is 12.3 Å². The van der Waals surface area contributed by atoms with Gasteiger partial charge in [0.2, 0.25) is 5.91 Å². The Bertz CT molecular complexity index is 1450. The van der Waals surface area contributed by atoms with Gasteiger partial charge in [-0.05, 0) is 33.0 Å². The smallest absolute Gasteiger partial charge is 0.328 e. The number of ether oxygens (including phenoxy) is 1. The number of hydrogen-bond donors (Lipinski definition) is 1. The van der Waals surface area contributed by atoms with Crippen LogP contribution in [-0.2, 0) is 26.2 Å². The van der Waals surface area contributed by atoms with Crippen LogP contribution >= 0.6 is 0 Å². The van der Waals surface area contributed by atoms with Gasteiger partial charge in [-0.1, -0.05) is 133 Å². The number of nitrogens with one attached hydrogen (secondary N) is 1. The van der Waals surface area contributed by atoms with Gasteiger partial charge in [0.15, 0.2) is 0 Å². The van der Waals surface area contributed by atoms with Crippen molar-refractivity contribution < 1.29 is 14.3 Å². The fourth-order valence-corrected chi connectivity index (χ4v) is 5.49. The summed E-state index contributed by atoms with van der Waals surface area (Å²) < 4.78 is 5.13. The third-order valence-corrected chi connectivity index (χ3v) is 7.35. The molecule has 0 heterocycles. The van der Waals surface area contributed by atoms with Crippen molar-refractivity contribution >= 4 is 22.6 Å². The van der Waals surface area contributed by atoms with Crippen molar-refractivity contribution in [3.63, 3.8) is 0 Å². The predicted molar refractivity (Wildman–Crippen MR) is 155 cm³/mol. The van der Waals surface area contributed by atoms with Crippen LogP contribution in [0.25, 0.3) is 10.8 Å². The number of methoxy groups -OCH3 is 1. The standard InChI is InChI=1S/C35H31NO3/c1-39-34(38)32(24-27-16-13-15-26-14-11-12-23-31(26)27)36-33(37)25-35(28-17-5-2-6-18-28,29-19-7-3-8-20-29)30-21-9-4-10-22-30/h2-23,32H,24-25H2,1H3,(H,36,37)/t32-/m0/s1. The van der Waals surface area contributed by atoms with E-state index in [2.05, 4.69) is 41.7 Å². The molecule has 5 aromatic rings. The summed E-state index contributed by atoms with van der Waals surface area (Å²) in [5, 5.41) is 5.17. The van der Waals surface area contributed by atoms with E-state index < -0.39 is 17.4 Å². The maximum absolute atomic E-state index is 13.9. The Morgan fingerprint density at radius 3 is 1.69 bits per heavy atom. The van der Waals surface area contributed by atoms with Gasteiger partial charge in [-0.15, -0.1) is 0 Å². The maximum atomic E-state index is 13.9. The van der Waals surface area contributed by atoms with Crippen molar-refractivity contribution in [1.82, 2.24) is 5.32 Å². The van der Waals surface area contributed by atoms with E-state index in [0.717, 1.165) is 33.0 Å². The first-order chi connectivity index (χ1) is 19.1. The van der Waals surface area contributed by atoms with Crippen LogP contribution in [0.2, 0.25) is 0 Å². The summed E-state index contributed by atoms with van der Waals surface area (Å²) >= 11 is 0. The lowest BCUT2D eigenvalue weighted by Crippen LogP contribution is -2.46. The Hall–Kier alpha value is -4.70. The number of carbonyl (C=O) groups is 2. The molecule has 0 bridgehead atoms. The van der Waals surface area contributed by atoms with E-state index in [1.807, 2.05) is 97.1 Å². The average molecular weight is 514 g/mol. The first-order valence-corrected chi connectivity index (χ1v) is 13.1. The molecule has 4 heteroatoms. The van der Waals surface area contributed by atoms with Crippen LogP contribution in [0.1, 0.15) is 28.7 Å². The Kier molecular flexibility index (Phi) is 7.83. The summed E-state index contributed by atoms with van der Waals surface area (Å²) in [4.78, 5) is 26.9. The lowest BCUT2D eigenvalue weighted by Gasteiger charge is -2.36. The molecule has 0 aliphatic carbocycles. The van der Waals surface area contributed by atoms with Gasteiger partial charge in [0.25, 0.3) is 0 Å². The topological polar surface area (TPSA) is 55.4 Å². The molecule has 0 spiro atoms. The molecule has 0 aliphatic rings. The van der Waals surface area contributed by atoms with Gasteiger partial charge in [0, 0.05) is 12.8 Å². The van der Waals surface area contributed by atoms with Crippen LogP contribution < -0.4 is 5.32 Å². The van der Waals surface area contributed by atoms with E-state index in [1.54, 1.807) is 0 Å². The number of amides is 1. The minimum absolute atomic E-state index is 0.119. The zero-order valence-electron chi connectivity index (χ0n) is 21.9. The summed E-state index contributed by atoms with van der Waals surface area (Å²) in [6, 6.07) is 43.4. The molecule has 1 atom stereocenters. The molecule has 1 amide bonds. The Morgan fingerprint density at radius 2 is 1.15 bits per heavy atom. The molecular weight excluding hydrogens is 482 g/mol. The SMILES string of the molecule is COC(=O)[C@H](Cc1cccc2ccccc12)NC(=O)CC(c1ccccc1)(c1ccccc1)c1ccccc1. The molecular formula is C35H31NO3. The Morgan fingerprint density at radius 1 is 0.667 bits per heavy atom. The molecule has 1 N–H and O–H groups in total. The van der Waals surface area contributed by atoms with Crippen molar-refractivity contribution in [1.29, 1.82) is 0 Å². The molecule has 0 aromatic heterocycles. The van der Waals surface area contributed by atoms with Crippen molar-refractivity contribution in [3.8, 4) is 0 Å². The largest absolute Gasteiger partial charge is 0.467 e. The zero-order valence-corrected chi connectivity index (χ0v) is 21.9. The zero-order chi connectivity index (χ0) is 27.1. The molecule has 0 fully saturated rings. The first-order valence-electron chi connectivity index (χ1n) is 13.1. The summed E-state index contributed by atoms with van der Waals surface area (Å²) in [5.41, 5.74) is 3.22. The number of hydrogen-bond acceptors (Lipinski definition) is 3. The van der Waals surface area contributed by atoms with Gasteiger partial charge >= 0.3 is 5.97 Å². The third kappa shape index (κ3) is 5.46. The van der Waals surface area contributed by atoms with E-state index in [1.165, 1.54) is 7.11 Å². The third-order valence-electron chi connectivity index (χ3n) is 7.35. The molecule has 0 unspecified atom stereocenters. The van der Waals surface area contributed by atoms with Crippen LogP contribution in [-0.4, -0.2) is 25.0 Å². The molecule has 0 radical (unpaired) electrons. The van der Waals surface area contributed by atoms with E-state index in [0.29, 0.717) is 6.42 Å². The van der Waals surface area contributed by atoms with Crippen molar-refractivity contribution in [3.05, 3.63) is 156 Å². The minimum atomic E-state index is -0.826. The van der Waals surface area contributed by atoms with Gasteiger partial charge < -0.3 is 10.1 Å². The normalized spacial score (nSPS) is 12.0. The Balaban J connectivity index is 1.53. The lowest BCUT2D eigenvalue weighted by atomic mass is 9.67. The summed E-state index contributed by atoms with van der Waals surface area (Å²) in [6.07, 6.45) is 0.447. The number of rotatable bonds is 9. The molecule has 5 rings (SSSR count). The molecule has 39 heavy (non-hydrogen) atoms. The molecule has 4 nitrogen and oxygen atoms in total. The monoisotopic (exact) mass is 513 g/mol. The lowest BCUT2D eigenvalue weighted by molar-refractivity contribution is -0.145. The van der Waals surface area contributed by atoms with Gasteiger partial charge in [-0.2, -0.15) is 0 Å². The van der Waals surface area contributed by atoms with E-state index in [9.17, 15) is 9.59 Å². The second-order valence-electron chi connectivity index (χ2n) is 9.67. The fraction of sp³-hybridized carbons (Fsp3) is 0.143. The highest BCUT2D eigenvalue weighted by atomic mass is 16.5. The average Bonchev–Trinajstić information content (AvgIpc) is 3.00. The quantitative estimate of drug-likeness (QED) is 0.182. The summed E-state index contributed by atoms with van der Waals surface area (Å²) in [6.45, 7) is 0. The Labute approximate surface area is 229 Å². The highest BCUT2D eigenvalue weighted by molar-refractivity contribution is 5.89. The second kappa shape index (κ2) is 11.8. The van der Waals surface area contributed by atoms with E-state index >= 15 is 0 Å². The highest BCUT2D eigenvalue weighted by Crippen LogP contribution is 2.42. The van der Waals surface area contributed by atoms with Gasteiger partial charge in [0.1, 0.15) is 6.04 Å². The fourth-order valence-electron chi connectivity index (χ4n) is 5.49. The van der Waals surface area contributed by atoms with Crippen molar-refractivity contribution in [2.24, 2.45) is 0 Å². The number of esters is 1. The second-order valence-corrected chi connectivity index (χ2v) is 9.67. The first kappa shape index (κ1) is 25.9. The van der Waals surface area contributed by atoms with Gasteiger partial charge in [-0.25, -0.2) is 4.79 Å². The highest BCUT2D eigenvalue weighted by Gasteiger charge is 2.39. The number of carbonyl (C=O) groups excluding carboxylic acids is 2. The molecule has 194 valence electrons. The van der Waals surface area contributed by atoms with E-state index in [4.69, 9.17) is 4.74 Å². The molecule has 0 aliphatic heterocycles. The summed E-state index contributed by atoms with van der Waals surface area (Å²) in [5.74, 6) is -0.705. The van der Waals surface area contributed by atoms with Crippen LogP contribution in [0.15, 0.2) is 133 Å². The van der Waals surface area contributed by atoms with Crippen LogP contribution in [0, 0.1) is 0 Å². The van der Waals surface area contributed by atoms with Crippen molar-refractivity contribution in [2.45, 2.75) is 24.3 Å². The van der Waals surface area contributed by atoms with Gasteiger partial charge in [0.05, 0.1) is 12.5 Å². The molecule has 0 saturated carbocycles. The van der Waals surface area contributed by atoms with Crippen LogP contribution in [0.4, 0.5) is 0 Å². The molecule has 5 aromatic carbocycles. The molecule has 0 saturated heterocycles. The van der Waals surface area contributed by atoms with Crippen molar-refractivity contribution in [2.75, 3.05) is 7.11 Å². The van der Waals surface area contributed by atoms with Gasteiger partial charge in [-0.3, -0.25) is 4.79 Å². The number of fused-ring (bicyclic) bond motifs is 1. The maximum Gasteiger partial charge on any atom is 0.328 e. The summed E-state index contributed by atoms with van der Waals surface area (Å²) in [7, 11) is 1.35.